The van der Waals surface area contributed by atoms with Crippen molar-refractivity contribution in [1.29, 1.82) is 0 Å². The van der Waals surface area contributed by atoms with Gasteiger partial charge in [-0.2, -0.15) is 4.68 Å². The van der Waals surface area contributed by atoms with E-state index in [9.17, 15) is 4.79 Å². The minimum absolute atomic E-state index is 0.145. The van der Waals surface area contributed by atoms with Crippen LogP contribution in [0.2, 0.25) is 0 Å². The second-order valence-corrected chi connectivity index (χ2v) is 7.11. The summed E-state index contributed by atoms with van der Waals surface area (Å²) in [4.78, 5) is 12.3. The standard InChI is InChI=1S/C19H19N5O5S/c1-26-13-4-5-14(16(8-13)27-2)24-19(21-22-23-24)30-10-18(25)20-9-12-3-6-15-17(7-12)29-11-28-15/h3-8H,9-11H2,1-2H3,(H,20,25). The average Bonchev–Trinajstić information content (AvgIpc) is 3.44. The fourth-order valence-corrected chi connectivity index (χ4v) is 3.53. The first-order valence-electron chi connectivity index (χ1n) is 8.96. The van der Waals surface area contributed by atoms with Crippen molar-refractivity contribution in [2.45, 2.75) is 11.7 Å². The van der Waals surface area contributed by atoms with E-state index in [-0.39, 0.29) is 18.5 Å². The molecule has 0 saturated heterocycles. The molecule has 2 heterocycles. The highest BCUT2D eigenvalue weighted by Crippen LogP contribution is 2.32. The van der Waals surface area contributed by atoms with Crippen LogP contribution in [-0.4, -0.2) is 52.9 Å². The molecule has 30 heavy (non-hydrogen) atoms. The molecule has 0 atom stereocenters. The monoisotopic (exact) mass is 429 g/mol. The van der Waals surface area contributed by atoms with Crippen LogP contribution in [0.5, 0.6) is 23.0 Å². The Morgan fingerprint density at radius 3 is 2.87 bits per heavy atom. The lowest BCUT2D eigenvalue weighted by Crippen LogP contribution is -2.24. The maximum atomic E-state index is 12.3. The molecule has 0 unspecified atom stereocenters. The van der Waals surface area contributed by atoms with Gasteiger partial charge in [-0.25, -0.2) is 0 Å². The van der Waals surface area contributed by atoms with Crippen molar-refractivity contribution >= 4 is 17.7 Å². The van der Waals surface area contributed by atoms with Crippen LogP contribution in [0.15, 0.2) is 41.6 Å². The van der Waals surface area contributed by atoms with Crippen LogP contribution < -0.4 is 24.3 Å². The van der Waals surface area contributed by atoms with Crippen molar-refractivity contribution < 1.29 is 23.7 Å². The first-order valence-corrected chi connectivity index (χ1v) is 9.95. The largest absolute Gasteiger partial charge is 0.497 e. The maximum Gasteiger partial charge on any atom is 0.231 e. The van der Waals surface area contributed by atoms with Crippen LogP contribution in [0.3, 0.4) is 0 Å². The molecule has 1 aliphatic heterocycles. The number of carbonyl (C=O) groups excluding carboxylic acids is 1. The van der Waals surface area contributed by atoms with Gasteiger partial charge in [-0.05, 0) is 40.3 Å². The molecule has 1 aromatic heterocycles. The number of methoxy groups -OCH3 is 2. The van der Waals surface area contributed by atoms with Gasteiger partial charge in [-0.3, -0.25) is 4.79 Å². The molecule has 1 N–H and O–H groups in total. The third-order valence-corrected chi connectivity index (χ3v) is 5.23. The molecule has 0 fully saturated rings. The lowest BCUT2D eigenvalue weighted by molar-refractivity contribution is -0.118. The molecule has 0 bridgehead atoms. The highest BCUT2D eigenvalue weighted by molar-refractivity contribution is 7.99. The zero-order chi connectivity index (χ0) is 20.9. The summed E-state index contributed by atoms with van der Waals surface area (Å²) < 4.78 is 22.8. The van der Waals surface area contributed by atoms with E-state index >= 15 is 0 Å². The second-order valence-electron chi connectivity index (χ2n) is 6.16. The SMILES string of the molecule is COc1ccc(-n2nnnc2SCC(=O)NCc2ccc3c(c2)OCO3)c(OC)c1. The molecule has 0 aliphatic carbocycles. The number of nitrogens with one attached hydrogen (secondary N) is 1. The van der Waals surface area contributed by atoms with E-state index in [0.717, 1.165) is 5.56 Å². The number of hydrogen-bond donors (Lipinski definition) is 1. The topological polar surface area (TPSA) is 110 Å². The van der Waals surface area contributed by atoms with Gasteiger partial charge >= 0.3 is 0 Å². The zero-order valence-corrected chi connectivity index (χ0v) is 17.1. The highest BCUT2D eigenvalue weighted by atomic mass is 32.2. The third-order valence-electron chi connectivity index (χ3n) is 4.32. The van der Waals surface area contributed by atoms with Crippen LogP contribution in [-0.2, 0) is 11.3 Å². The summed E-state index contributed by atoms with van der Waals surface area (Å²) in [6.45, 7) is 0.600. The van der Waals surface area contributed by atoms with Gasteiger partial charge in [0.25, 0.3) is 0 Å². The van der Waals surface area contributed by atoms with Crippen molar-refractivity contribution in [1.82, 2.24) is 25.5 Å². The molecule has 4 rings (SSSR count). The molecule has 1 amide bonds. The highest BCUT2D eigenvalue weighted by Gasteiger charge is 2.16. The second kappa shape index (κ2) is 8.91. The number of thioether (sulfide) groups is 1. The van der Waals surface area contributed by atoms with Gasteiger partial charge in [-0.1, -0.05) is 17.8 Å². The number of aromatic nitrogens is 4. The van der Waals surface area contributed by atoms with Gasteiger partial charge in [0.05, 0.1) is 20.0 Å². The normalized spacial score (nSPS) is 11.9. The summed E-state index contributed by atoms with van der Waals surface area (Å²) in [5, 5.41) is 15.1. The average molecular weight is 429 g/mol. The van der Waals surface area contributed by atoms with Crippen molar-refractivity contribution in [2.75, 3.05) is 26.8 Å². The summed E-state index contributed by atoms with van der Waals surface area (Å²) in [6.07, 6.45) is 0. The Morgan fingerprint density at radius 1 is 1.17 bits per heavy atom. The summed E-state index contributed by atoms with van der Waals surface area (Å²) in [6, 6.07) is 10.9. The Kier molecular flexibility index (Phi) is 5.89. The quantitative estimate of drug-likeness (QED) is 0.536. The number of amides is 1. The molecule has 0 spiro atoms. The Labute approximate surface area is 176 Å². The minimum atomic E-state index is -0.145. The Balaban J connectivity index is 1.37. The van der Waals surface area contributed by atoms with E-state index in [1.165, 1.54) is 16.4 Å². The molecular formula is C19H19N5O5S. The molecular weight excluding hydrogens is 410 g/mol. The van der Waals surface area contributed by atoms with E-state index in [1.54, 1.807) is 32.4 Å². The van der Waals surface area contributed by atoms with Gasteiger partial charge in [0.1, 0.15) is 17.2 Å². The van der Waals surface area contributed by atoms with Crippen LogP contribution in [0.1, 0.15) is 5.56 Å². The van der Waals surface area contributed by atoms with Crippen LogP contribution >= 0.6 is 11.8 Å². The predicted molar refractivity (Wildman–Crippen MR) is 107 cm³/mol. The zero-order valence-electron chi connectivity index (χ0n) is 16.3. The number of fused-ring (bicyclic) bond motifs is 1. The number of hydrogen-bond acceptors (Lipinski definition) is 9. The van der Waals surface area contributed by atoms with Crippen LogP contribution in [0.4, 0.5) is 0 Å². The number of nitrogens with zero attached hydrogens (tertiary/aromatic N) is 4. The molecule has 2 aromatic carbocycles. The van der Waals surface area contributed by atoms with Crippen LogP contribution in [0, 0.1) is 0 Å². The number of carbonyl (C=O) groups is 1. The van der Waals surface area contributed by atoms with Crippen molar-refractivity contribution in [3.05, 3.63) is 42.0 Å². The molecule has 1 aliphatic rings. The van der Waals surface area contributed by atoms with Gasteiger partial charge in [0, 0.05) is 12.6 Å². The third kappa shape index (κ3) is 4.25. The lowest BCUT2D eigenvalue weighted by atomic mass is 10.2. The molecule has 11 heteroatoms. The summed E-state index contributed by atoms with van der Waals surface area (Å²) in [5.74, 6) is 2.61. The first-order chi connectivity index (χ1) is 14.7. The van der Waals surface area contributed by atoms with Crippen LogP contribution in [0.25, 0.3) is 5.69 Å². The molecule has 156 valence electrons. The van der Waals surface area contributed by atoms with Crippen molar-refractivity contribution in [3.8, 4) is 28.7 Å². The molecule has 3 aromatic rings. The van der Waals surface area contributed by atoms with Crippen molar-refractivity contribution in [2.24, 2.45) is 0 Å². The first kappa shape index (κ1) is 19.8. The van der Waals surface area contributed by atoms with E-state index in [0.29, 0.717) is 40.4 Å². The van der Waals surface area contributed by atoms with Gasteiger partial charge in [0.15, 0.2) is 11.5 Å². The smallest absolute Gasteiger partial charge is 0.231 e. The summed E-state index contributed by atoms with van der Waals surface area (Å²) in [7, 11) is 3.13. The fourth-order valence-electron chi connectivity index (χ4n) is 2.81. The Morgan fingerprint density at radius 2 is 2.03 bits per heavy atom. The summed E-state index contributed by atoms with van der Waals surface area (Å²) in [5.41, 5.74) is 1.57. The maximum absolute atomic E-state index is 12.3. The number of tetrazole rings is 1. The van der Waals surface area contributed by atoms with Gasteiger partial charge in [-0.15, -0.1) is 5.10 Å². The lowest BCUT2D eigenvalue weighted by Gasteiger charge is -2.11. The Hall–Kier alpha value is -3.47. The minimum Gasteiger partial charge on any atom is -0.497 e. The van der Waals surface area contributed by atoms with E-state index in [1.807, 2.05) is 18.2 Å². The number of benzene rings is 2. The Bertz CT molecular complexity index is 1060. The molecule has 10 nitrogen and oxygen atoms in total. The van der Waals surface area contributed by atoms with E-state index in [2.05, 4.69) is 20.8 Å². The summed E-state index contributed by atoms with van der Waals surface area (Å²) >= 11 is 1.22. The number of ether oxygens (including phenoxy) is 4. The molecule has 0 saturated carbocycles. The van der Waals surface area contributed by atoms with Crippen molar-refractivity contribution in [3.63, 3.8) is 0 Å². The van der Waals surface area contributed by atoms with Gasteiger partial charge < -0.3 is 24.3 Å². The predicted octanol–water partition coefficient (Wildman–Crippen LogP) is 1.82. The van der Waals surface area contributed by atoms with E-state index < -0.39 is 0 Å². The number of rotatable bonds is 8. The van der Waals surface area contributed by atoms with E-state index in [4.69, 9.17) is 18.9 Å². The van der Waals surface area contributed by atoms with Gasteiger partial charge in [0.2, 0.25) is 17.9 Å². The fraction of sp³-hybridized carbons (Fsp3) is 0.263. The molecule has 0 radical (unpaired) electrons.